The van der Waals surface area contributed by atoms with Gasteiger partial charge in [0.2, 0.25) is 5.91 Å². The van der Waals surface area contributed by atoms with E-state index in [-0.39, 0.29) is 11.8 Å². The number of carboxylic acid groups (broad SMARTS) is 1. The molecule has 0 radical (unpaired) electrons. The normalized spacial score (nSPS) is 26.8. The largest absolute Gasteiger partial charge is 0.465 e. The molecule has 5 nitrogen and oxygen atoms in total. The van der Waals surface area contributed by atoms with Crippen LogP contribution in [0.1, 0.15) is 24.8 Å². The van der Waals surface area contributed by atoms with Gasteiger partial charge in [-0.05, 0) is 49.3 Å². The second kappa shape index (κ2) is 5.63. The maximum absolute atomic E-state index is 12.9. The van der Waals surface area contributed by atoms with Gasteiger partial charge >= 0.3 is 6.09 Å². The van der Waals surface area contributed by atoms with Crippen molar-refractivity contribution in [2.75, 3.05) is 18.5 Å². The summed E-state index contributed by atoms with van der Waals surface area (Å²) in [5.74, 6) is 0.411. The first-order valence-corrected chi connectivity index (χ1v) is 7.83. The van der Waals surface area contributed by atoms with Crippen LogP contribution >= 0.6 is 0 Å². The Kier molecular flexibility index (Phi) is 3.81. The minimum absolute atomic E-state index is 0.109. The Morgan fingerprint density at radius 2 is 2.09 bits per heavy atom. The number of hydrogen-bond donors (Lipinski definition) is 1. The van der Waals surface area contributed by atoms with Crippen molar-refractivity contribution < 1.29 is 14.7 Å². The molecular weight excluding hydrogens is 280 g/mol. The van der Waals surface area contributed by atoms with Crippen molar-refractivity contribution >= 4 is 17.7 Å². The molecule has 3 atom stereocenters. The van der Waals surface area contributed by atoms with Gasteiger partial charge < -0.3 is 10.0 Å². The quantitative estimate of drug-likeness (QED) is 0.913. The molecule has 1 saturated heterocycles. The topological polar surface area (TPSA) is 60.9 Å². The number of benzene rings is 1. The molecule has 2 aliphatic rings. The Bertz CT molecular complexity index is 601. The smallest absolute Gasteiger partial charge is 0.407 e. The van der Waals surface area contributed by atoms with E-state index in [1.165, 1.54) is 4.90 Å². The predicted octanol–water partition coefficient (Wildman–Crippen LogP) is 2.74. The molecule has 0 bridgehead atoms. The molecule has 22 heavy (non-hydrogen) atoms. The van der Waals surface area contributed by atoms with Crippen molar-refractivity contribution in [2.24, 2.45) is 11.8 Å². The second-order valence-electron chi connectivity index (χ2n) is 6.47. The van der Waals surface area contributed by atoms with Crippen molar-refractivity contribution in [1.82, 2.24) is 4.90 Å². The maximum Gasteiger partial charge on any atom is 0.407 e. The highest BCUT2D eigenvalue weighted by atomic mass is 16.4. The number of carbonyl (C=O) groups excluding carboxylic acids is 1. The van der Waals surface area contributed by atoms with Crippen molar-refractivity contribution in [3.05, 3.63) is 29.8 Å². The maximum atomic E-state index is 12.9. The molecule has 0 aromatic heterocycles. The van der Waals surface area contributed by atoms with Gasteiger partial charge in [-0.25, -0.2) is 4.79 Å². The number of hydrogen-bond acceptors (Lipinski definition) is 2. The van der Waals surface area contributed by atoms with E-state index in [2.05, 4.69) is 0 Å². The van der Waals surface area contributed by atoms with Gasteiger partial charge in [-0.15, -0.1) is 0 Å². The molecule has 0 spiro atoms. The summed E-state index contributed by atoms with van der Waals surface area (Å²) in [5.41, 5.74) is 1.90. The van der Waals surface area contributed by atoms with Crippen molar-refractivity contribution in [2.45, 2.75) is 32.2 Å². The lowest BCUT2D eigenvalue weighted by Gasteiger charge is -2.29. The van der Waals surface area contributed by atoms with Crippen LogP contribution < -0.4 is 4.90 Å². The minimum atomic E-state index is -0.981. The molecule has 118 valence electrons. The first kappa shape index (κ1) is 14.9. The number of fused-ring (bicyclic) bond motifs is 1. The third kappa shape index (κ3) is 2.45. The number of amides is 2. The highest BCUT2D eigenvalue weighted by Gasteiger charge is 2.50. The summed E-state index contributed by atoms with van der Waals surface area (Å²) in [5, 5.41) is 9.44. The average molecular weight is 302 g/mol. The van der Waals surface area contributed by atoms with Gasteiger partial charge in [0, 0.05) is 19.3 Å². The van der Waals surface area contributed by atoms with Crippen molar-refractivity contribution in [3.63, 3.8) is 0 Å². The molecule has 2 amide bonds. The summed E-state index contributed by atoms with van der Waals surface area (Å²) in [6.07, 6.45) is 2.10. The van der Waals surface area contributed by atoms with Crippen LogP contribution in [0.25, 0.3) is 0 Å². The van der Waals surface area contributed by atoms with Crippen LogP contribution in [0.3, 0.4) is 0 Å². The van der Waals surface area contributed by atoms with Crippen LogP contribution in [0.15, 0.2) is 24.3 Å². The van der Waals surface area contributed by atoms with Gasteiger partial charge in [-0.3, -0.25) is 9.69 Å². The lowest BCUT2D eigenvalue weighted by atomic mass is 9.93. The molecule has 3 rings (SSSR count). The van der Waals surface area contributed by atoms with Crippen molar-refractivity contribution in [3.8, 4) is 0 Å². The molecule has 3 unspecified atom stereocenters. The number of likely N-dealkylation sites (N-methyl/N-ethyl adjacent to an activating group) is 1. The van der Waals surface area contributed by atoms with Crippen LogP contribution in [-0.2, 0) is 4.79 Å². The zero-order chi connectivity index (χ0) is 15.9. The molecule has 1 heterocycles. The van der Waals surface area contributed by atoms with E-state index in [1.54, 1.807) is 11.9 Å². The Labute approximate surface area is 130 Å². The SMILES string of the molecule is Cc1cccc(N(C)C(=O)C2C3CCCC3CN2C(=O)O)c1. The molecule has 1 aliphatic carbocycles. The Hall–Kier alpha value is -2.04. The summed E-state index contributed by atoms with van der Waals surface area (Å²) >= 11 is 0. The van der Waals surface area contributed by atoms with Gasteiger partial charge in [0.15, 0.2) is 0 Å². The van der Waals surface area contributed by atoms with Gasteiger partial charge in [0.1, 0.15) is 6.04 Å². The number of nitrogens with zero attached hydrogens (tertiary/aromatic N) is 2. The predicted molar refractivity (Wildman–Crippen MR) is 83.9 cm³/mol. The number of anilines is 1. The number of aryl methyl sites for hydroxylation is 1. The number of likely N-dealkylation sites (tertiary alicyclic amines) is 1. The van der Waals surface area contributed by atoms with E-state index in [9.17, 15) is 14.7 Å². The highest BCUT2D eigenvalue weighted by molar-refractivity contribution is 5.98. The Morgan fingerprint density at radius 1 is 1.32 bits per heavy atom. The second-order valence-corrected chi connectivity index (χ2v) is 6.47. The van der Waals surface area contributed by atoms with Gasteiger partial charge in [-0.1, -0.05) is 18.6 Å². The molecule has 1 aliphatic heterocycles. The first-order chi connectivity index (χ1) is 10.5. The summed E-state index contributed by atoms with van der Waals surface area (Å²) in [6, 6.07) is 7.20. The van der Waals surface area contributed by atoms with Crippen LogP contribution in [-0.4, -0.2) is 41.6 Å². The summed E-state index contributed by atoms with van der Waals surface area (Å²) in [4.78, 5) is 27.4. The van der Waals surface area contributed by atoms with Crippen LogP contribution in [0.4, 0.5) is 10.5 Å². The van der Waals surface area contributed by atoms with E-state index >= 15 is 0 Å². The average Bonchev–Trinajstić information content (AvgIpc) is 3.06. The Balaban J connectivity index is 1.87. The standard InChI is InChI=1S/C17H22N2O3/c1-11-5-3-7-13(9-11)18(2)16(20)15-14-8-4-6-12(14)10-19(15)17(21)22/h3,5,7,9,12,14-15H,4,6,8,10H2,1-2H3,(H,21,22). The van der Waals surface area contributed by atoms with E-state index in [1.807, 2.05) is 31.2 Å². The fraction of sp³-hybridized carbons (Fsp3) is 0.529. The first-order valence-electron chi connectivity index (χ1n) is 7.83. The fourth-order valence-electron chi connectivity index (χ4n) is 3.98. The highest BCUT2D eigenvalue weighted by Crippen LogP contribution is 2.43. The summed E-state index contributed by atoms with van der Waals surface area (Å²) < 4.78 is 0. The minimum Gasteiger partial charge on any atom is -0.465 e. The van der Waals surface area contributed by atoms with E-state index < -0.39 is 12.1 Å². The number of rotatable bonds is 2. The van der Waals surface area contributed by atoms with Gasteiger partial charge in [-0.2, -0.15) is 0 Å². The molecule has 1 N–H and O–H groups in total. The van der Waals surface area contributed by atoms with E-state index in [0.717, 1.165) is 30.5 Å². The third-order valence-electron chi connectivity index (χ3n) is 5.11. The molecule has 1 aromatic carbocycles. The summed E-state index contributed by atoms with van der Waals surface area (Å²) in [6.45, 7) is 2.48. The zero-order valence-electron chi connectivity index (χ0n) is 13.0. The zero-order valence-corrected chi connectivity index (χ0v) is 13.0. The lowest BCUT2D eigenvalue weighted by molar-refractivity contribution is -0.123. The number of carbonyl (C=O) groups is 2. The third-order valence-corrected chi connectivity index (χ3v) is 5.11. The molecule has 5 heteroatoms. The van der Waals surface area contributed by atoms with Crippen LogP contribution in [0.2, 0.25) is 0 Å². The Morgan fingerprint density at radius 3 is 2.77 bits per heavy atom. The van der Waals surface area contributed by atoms with E-state index in [0.29, 0.717) is 12.5 Å². The van der Waals surface area contributed by atoms with Crippen LogP contribution in [0, 0.1) is 18.8 Å². The van der Waals surface area contributed by atoms with E-state index in [4.69, 9.17) is 0 Å². The summed E-state index contributed by atoms with van der Waals surface area (Å²) in [7, 11) is 1.74. The van der Waals surface area contributed by atoms with Crippen LogP contribution in [0.5, 0.6) is 0 Å². The molecule has 1 saturated carbocycles. The molecule has 1 aromatic rings. The van der Waals surface area contributed by atoms with Gasteiger partial charge in [0.25, 0.3) is 0 Å². The molecular formula is C17H22N2O3. The van der Waals surface area contributed by atoms with Crippen molar-refractivity contribution in [1.29, 1.82) is 0 Å². The lowest BCUT2D eigenvalue weighted by Crippen LogP contribution is -2.48. The van der Waals surface area contributed by atoms with Gasteiger partial charge in [0.05, 0.1) is 0 Å². The monoisotopic (exact) mass is 302 g/mol. The fourth-order valence-corrected chi connectivity index (χ4v) is 3.98. The molecule has 2 fully saturated rings.